The Labute approximate surface area is 81.6 Å². The fraction of sp³-hybridized carbons (Fsp3) is 0.200. The van der Waals surface area contributed by atoms with E-state index in [0.717, 1.165) is 0 Å². The molecular weight excluding hydrogens is 180 g/mol. The first-order chi connectivity index (χ1) is 6.60. The summed E-state index contributed by atoms with van der Waals surface area (Å²) in [6.45, 7) is 1.82. The Hall–Kier alpha value is -1.86. The number of nitrogens with zero attached hydrogens (tertiary/aromatic N) is 1. The summed E-state index contributed by atoms with van der Waals surface area (Å²) in [7, 11) is 0. The molecule has 3 N–H and O–H groups in total. The lowest BCUT2D eigenvalue weighted by molar-refractivity contribution is 0.0695. The van der Waals surface area contributed by atoms with E-state index in [2.05, 4.69) is 0 Å². The van der Waals surface area contributed by atoms with Crippen LogP contribution in [0.2, 0.25) is 0 Å². The zero-order valence-electron chi connectivity index (χ0n) is 7.74. The summed E-state index contributed by atoms with van der Waals surface area (Å²) in [6.07, 6.45) is 0. The first-order valence-electron chi connectivity index (χ1n) is 4.07. The third-order valence-corrected chi connectivity index (χ3v) is 2.02. The summed E-state index contributed by atoms with van der Waals surface area (Å²) in [5.74, 6) is -1.02. The molecule has 4 nitrogen and oxygen atoms in total. The number of carbonyl (C=O) groups is 1. The molecular formula is C10H10N2O2. The van der Waals surface area contributed by atoms with Gasteiger partial charge in [0.1, 0.15) is 0 Å². The molecule has 0 aliphatic rings. The standard InChI is InChI=1S/C10H10N2O2/c1-6-2-9(10(13)14)8(5-12)3-7(6)4-11/h2-3H,5,12H2,1H3,(H,13,14). The summed E-state index contributed by atoms with van der Waals surface area (Å²) in [5.41, 5.74) is 7.17. The topological polar surface area (TPSA) is 87.1 Å². The maximum atomic E-state index is 10.8. The van der Waals surface area contributed by atoms with Gasteiger partial charge in [-0.15, -0.1) is 0 Å². The Morgan fingerprint density at radius 2 is 2.29 bits per heavy atom. The van der Waals surface area contributed by atoms with E-state index in [1.807, 2.05) is 6.07 Å². The average Bonchev–Trinajstić information content (AvgIpc) is 2.17. The van der Waals surface area contributed by atoms with Gasteiger partial charge < -0.3 is 10.8 Å². The summed E-state index contributed by atoms with van der Waals surface area (Å²) >= 11 is 0. The normalized spacial score (nSPS) is 9.50. The van der Waals surface area contributed by atoms with Crippen LogP contribution in [0.25, 0.3) is 0 Å². The second-order valence-electron chi connectivity index (χ2n) is 2.95. The Kier molecular flexibility index (Phi) is 2.85. The van der Waals surface area contributed by atoms with Crippen molar-refractivity contribution in [2.24, 2.45) is 5.73 Å². The maximum absolute atomic E-state index is 10.8. The summed E-state index contributed by atoms with van der Waals surface area (Å²) in [4.78, 5) is 10.8. The van der Waals surface area contributed by atoms with Crippen LogP contribution in [0.4, 0.5) is 0 Å². The van der Waals surface area contributed by atoms with Crippen LogP contribution in [0.15, 0.2) is 12.1 Å². The highest BCUT2D eigenvalue weighted by Crippen LogP contribution is 2.15. The highest BCUT2D eigenvalue weighted by Gasteiger charge is 2.11. The van der Waals surface area contributed by atoms with Gasteiger partial charge in [-0.05, 0) is 30.2 Å². The molecule has 72 valence electrons. The van der Waals surface area contributed by atoms with Gasteiger partial charge in [-0.25, -0.2) is 4.79 Å². The molecule has 0 atom stereocenters. The van der Waals surface area contributed by atoms with Gasteiger partial charge in [0.05, 0.1) is 17.2 Å². The number of benzene rings is 1. The quantitative estimate of drug-likeness (QED) is 0.728. The Bertz CT molecular complexity index is 419. The molecule has 0 aliphatic heterocycles. The molecule has 4 heteroatoms. The van der Waals surface area contributed by atoms with E-state index in [1.54, 1.807) is 6.92 Å². The van der Waals surface area contributed by atoms with Crippen molar-refractivity contribution in [2.45, 2.75) is 13.5 Å². The van der Waals surface area contributed by atoms with Crippen molar-refractivity contribution in [1.29, 1.82) is 5.26 Å². The van der Waals surface area contributed by atoms with Crippen molar-refractivity contribution < 1.29 is 9.90 Å². The molecule has 0 saturated carbocycles. The van der Waals surface area contributed by atoms with Gasteiger partial charge in [-0.2, -0.15) is 5.26 Å². The Balaban J connectivity index is 3.41. The van der Waals surface area contributed by atoms with Gasteiger partial charge in [0.2, 0.25) is 0 Å². The van der Waals surface area contributed by atoms with E-state index in [0.29, 0.717) is 16.7 Å². The second-order valence-corrected chi connectivity index (χ2v) is 2.95. The number of hydrogen-bond donors (Lipinski definition) is 2. The van der Waals surface area contributed by atoms with E-state index < -0.39 is 5.97 Å². The van der Waals surface area contributed by atoms with Crippen molar-refractivity contribution in [3.63, 3.8) is 0 Å². The number of rotatable bonds is 2. The van der Waals surface area contributed by atoms with Crippen molar-refractivity contribution in [1.82, 2.24) is 0 Å². The van der Waals surface area contributed by atoms with Gasteiger partial charge in [-0.3, -0.25) is 0 Å². The molecule has 0 amide bonds. The fourth-order valence-electron chi connectivity index (χ4n) is 1.24. The highest BCUT2D eigenvalue weighted by atomic mass is 16.4. The number of carboxylic acids is 1. The molecule has 1 aromatic carbocycles. The van der Waals surface area contributed by atoms with Crippen LogP contribution in [-0.2, 0) is 6.54 Å². The number of aromatic carboxylic acids is 1. The molecule has 0 fully saturated rings. The van der Waals surface area contributed by atoms with E-state index >= 15 is 0 Å². The van der Waals surface area contributed by atoms with Crippen molar-refractivity contribution in [3.8, 4) is 6.07 Å². The molecule has 0 saturated heterocycles. The minimum Gasteiger partial charge on any atom is -0.478 e. The first-order valence-corrected chi connectivity index (χ1v) is 4.07. The molecule has 1 rings (SSSR count). The average molecular weight is 190 g/mol. The lowest BCUT2D eigenvalue weighted by Gasteiger charge is -2.06. The molecule has 0 radical (unpaired) electrons. The molecule has 14 heavy (non-hydrogen) atoms. The van der Waals surface area contributed by atoms with Crippen LogP contribution >= 0.6 is 0 Å². The fourth-order valence-corrected chi connectivity index (χ4v) is 1.24. The van der Waals surface area contributed by atoms with Crippen LogP contribution in [-0.4, -0.2) is 11.1 Å². The Morgan fingerprint density at radius 1 is 1.64 bits per heavy atom. The monoisotopic (exact) mass is 190 g/mol. The molecule has 1 aromatic rings. The molecule has 0 spiro atoms. The smallest absolute Gasteiger partial charge is 0.336 e. The third kappa shape index (κ3) is 1.73. The molecule has 0 unspecified atom stereocenters. The van der Waals surface area contributed by atoms with Crippen molar-refractivity contribution >= 4 is 5.97 Å². The number of hydrogen-bond acceptors (Lipinski definition) is 3. The van der Waals surface area contributed by atoms with Gasteiger partial charge in [-0.1, -0.05) is 0 Å². The van der Waals surface area contributed by atoms with Crippen molar-refractivity contribution in [3.05, 3.63) is 34.4 Å². The number of aryl methyl sites for hydroxylation is 1. The van der Waals surface area contributed by atoms with E-state index in [9.17, 15) is 4.79 Å². The van der Waals surface area contributed by atoms with Crippen LogP contribution in [0.1, 0.15) is 27.0 Å². The van der Waals surface area contributed by atoms with Crippen LogP contribution in [0, 0.1) is 18.3 Å². The predicted octanol–water partition coefficient (Wildman–Crippen LogP) is 1.02. The molecule has 0 aliphatic carbocycles. The number of nitriles is 1. The van der Waals surface area contributed by atoms with Gasteiger partial charge >= 0.3 is 5.97 Å². The summed E-state index contributed by atoms with van der Waals surface area (Å²) in [6, 6.07) is 4.99. The number of carboxylic acid groups (broad SMARTS) is 1. The lowest BCUT2D eigenvalue weighted by atomic mass is 10.00. The predicted molar refractivity (Wildman–Crippen MR) is 50.7 cm³/mol. The molecule has 0 bridgehead atoms. The minimum absolute atomic E-state index is 0.122. The van der Waals surface area contributed by atoms with Crippen LogP contribution in [0.5, 0.6) is 0 Å². The highest BCUT2D eigenvalue weighted by molar-refractivity contribution is 5.90. The summed E-state index contributed by atoms with van der Waals surface area (Å²) in [5, 5.41) is 17.6. The van der Waals surface area contributed by atoms with E-state index in [4.69, 9.17) is 16.1 Å². The largest absolute Gasteiger partial charge is 0.478 e. The number of nitrogens with two attached hydrogens (primary N) is 1. The van der Waals surface area contributed by atoms with Crippen molar-refractivity contribution in [2.75, 3.05) is 0 Å². The zero-order chi connectivity index (χ0) is 10.7. The van der Waals surface area contributed by atoms with Gasteiger partial charge in [0.15, 0.2) is 0 Å². The van der Waals surface area contributed by atoms with E-state index in [1.165, 1.54) is 12.1 Å². The maximum Gasteiger partial charge on any atom is 0.336 e. The van der Waals surface area contributed by atoms with E-state index in [-0.39, 0.29) is 12.1 Å². The molecule has 0 heterocycles. The lowest BCUT2D eigenvalue weighted by Crippen LogP contribution is -2.08. The first kappa shape index (κ1) is 10.2. The molecule has 0 aromatic heterocycles. The summed E-state index contributed by atoms with van der Waals surface area (Å²) < 4.78 is 0. The minimum atomic E-state index is -1.02. The zero-order valence-corrected chi connectivity index (χ0v) is 7.74. The van der Waals surface area contributed by atoms with Gasteiger partial charge in [0, 0.05) is 6.54 Å². The second kappa shape index (κ2) is 3.90. The Morgan fingerprint density at radius 3 is 2.71 bits per heavy atom. The SMILES string of the molecule is Cc1cc(C(=O)O)c(CN)cc1C#N. The van der Waals surface area contributed by atoms with Gasteiger partial charge in [0.25, 0.3) is 0 Å². The third-order valence-electron chi connectivity index (χ3n) is 2.02. The van der Waals surface area contributed by atoms with Crippen LogP contribution in [0.3, 0.4) is 0 Å². The van der Waals surface area contributed by atoms with Crippen LogP contribution < -0.4 is 5.73 Å².